The highest BCUT2D eigenvalue weighted by Gasteiger charge is 2.45. The van der Waals surface area contributed by atoms with Crippen molar-refractivity contribution in [2.75, 3.05) is 39.3 Å². The molecule has 2 aliphatic heterocycles. The zero-order chi connectivity index (χ0) is 22.3. The summed E-state index contributed by atoms with van der Waals surface area (Å²) in [6.07, 6.45) is 6.82. The van der Waals surface area contributed by atoms with Crippen molar-refractivity contribution in [3.8, 4) is 0 Å². The van der Waals surface area contributed by atoms with Crippen LogP contribution in [0.2, 0.25) is 0 Å². The van der Waals surface area contributed by atoms with Crippen LogP contribution in [0.4, 0.5) is 0 Å². The van der Waals surface area contributed by atoms with Gasteiger partial charge in [-0.15, -0.1) is 0 Å². The van der Waals surface area contributed by atoms with Gasteiger partial charge in [0.25, 0.3) is 0 Å². The molecule has 168 valence electrons. The maximum atomic E-state index is 13.9. The highest BCUT2D eigenvalue weighted by Crippen LogP contribution is 2.37. The molecule has 0 bridgehead atoms. The topological polar surface area (TPSA) is 60.9 Å². The minimum atomic E-state index is -0.714. The molecule has 31 heavy (non-hydrogen) atoms. The van der Waals surface area contributed by atoms with E-state index in [1.54, 1.807) is 9.80 Å². The highest BCUT2D eigenvalue weighted by molar-refractivity contribution is 5.92. The van der Waals surface area contributed by atoms with Gasteiger partial charge in [-0.1, -0.05) is 49.8 Å². The standard InChI is InChI=1S/C25H35N3O3/c1-3-22(29)28-18-14-25(15-19-28,21-12-8-7-9-13-21)24(31)26(4-2)20-23(30)27-16-10-5-6-11-17-27/h3,7-9,12-13H,1,4-6,10-11,14-20H2,2H3. The first kappa shape index (κ1) is 23.0. The van der Waals surface area contributed by atoms with Gasteiger partial charge in [-0.05, 0) is 44.2 Å². The molecule has 1 aromatic carbocycles. The Bertz CT molecular complexity index is 776. The van der Waals surface area contributed by atoms with Gasteiger partial charge >= 0.3 is 0 Å². The monoisotopic (exact) mass is 425 g/mol. The Balaban J connectivity index is 1.81. The lowest BCUT2D eigenvalue weighted by Gasteiger charge is -2.43. The van der Waals surface area contributed by atoms with E-state index in [1.807, 2.05) is 42.2 Å². The molecule has 3 amide bonds. The molecular weight excluding hydrogens is 390 g/mol. The van der Waals surface area contributed by atoms with Crippen molar-refractivity contribution in [1.29, 1.82) is 0 Å². The number of likely N-dealkylation sites (tertiary alicyclic amines) is 2. The third-order valence-corrected chi connectivity index (χ3v) is 6.79. The fraction of sp³-hybridized carbons (Fsp3) is 0.560. The number of hydrogen-bond acceptors (Lipinski definition) is 3. The van der Waals surface area contributed by atoms with Crippen LogP contribution in [0.25, 0.3) is 0 Å². The lowest BCUT2D eigenvalue weighted by molar-refractivity contribution is -0.146. The minimum absolute atomic E-state index is 0.00456. The van der Waals surface area contributed by atoms with Gasteiger partial charge in [0.1, 0.15) is 0 Å². The first-order valence-electron chi connectivity index (χ1n) is 11.6. The second kappa shape index (κ2) is 10.6. The van der Waals surface area contributed by atoms with Crippen molar-refractivity contribution in [2.24, 2.45) is 0 Å². The van der Waals surface area contributed by atoms with Crippen LogP contribution in [0.15, 0.2) is 43.0 Å². The Labute approximate surface area is 185 Å². The van der Waals surface area contributed by atoms with Gasteiger partial charge in [0, 0.05) is 32.7 Å². The normalized spacial score (nSPS) is 18.7. The van der Waals surface area contributed by atoms with Crippen LogP contribution in [0.5, 0.6) is 0 Å². The summed E-state index contributed by atoms with van der Waals surface area (Å²) in [5.74, 6) is -0.0625. The van der Waals surface area contributed by atoms with E-state index in [4.69, 9.17) is 0 Å². The van der Waals surface area contributed by atoms with E-state index in [0.717, 1.165) is 44.3 Å². The fourth-order valence-electron chi connectivity index (χ4n) is 4.83. The molecule has 6 nitrogen and oxygen atoms in total. The van der Waals surface area contributed by atoms with E-state index in [0.29, 0.717) is 32.5 Å². The Morgan fingerprint density at radius 1 is 0.968 bits per heavy atom. The molecule has 2 saturated heterocycles. The largest absolute Gasteiger partial charge is 0.341 e. The predicted molar refractivity (Wildman–Crippen MR) is 121 cm³/mol. The van der Waals surface area contributed by atoms with Crippen molar-refractivity contribution in [2.45, 2.75) is 50.9 Å². The number of likely N-dealkylation sites (N-methyl/N-ethyl adjacent to an activating group) is 1. The van der Waals surface area contributed by atoms with Crippen molar-refractivity contribution in [1.82, 2.24) is 14.7 Å². The molecule has 0 saturated carbocycles. The molecule has 0 spiro atoms. The van der Waals surface area contributed by atoms with Crippen LogP contribution in [0.3, 0.4) is 0 Å². The Hall–Kier alpha value is -2.63. The van der Waals surface area contributed by atoms with Crippen molar-refractivity contribution >= 4 is 17.7 Å². The Morgan fingerprint density at radius 2 is 1.58 bits per heavy atom. The molecule has 2 fully saturated rings. The number of carbonyl (C=O) groups is 3. The molecule has 0 N–H and O–H groups in total. The molecule has 0 aromatic heterocycles. The third-order valence-electron chi connectivity index (χ3n) is 6.79. The van der Waals surface area contributed by atoms with E-state index < -0.39 is 5.41 Å². The summed E-state index contributed by atoms with van der Waals surface area (Å²) in [6.45, 7) is 8.70. The zero-order valence-electron chi connectivity index (χ0n) is 18.7. The van der Waals surface area contributed by atoms with Crippen LogP contribution in [0.1, 0.15) is 51.0 Å². The predicted octanol–water partition coefficient (Wildman–Crippen LogP) is 2.98. The van der Waals surface area contributed by atoms with E-state index in [9.17, 15) is 14.4 Å². The molecule has 1 aromatic rings. The molecular formula is C25H35N3O3. The van der Waals surface area contributed by atoms with E-state index >= 15 is 0 Å². The Morgan fingerprint density at radius 3 is 2.13 bits per heavy atom. The maximum Gasteiger partial charge on any atom is 0.245 e. The summed E-state index contributed by atoms with van der Waals surface area (Å²) in [7, 11) is 0. The number of nitrogens with zero attached hydrogens (tertiary/aromatic N) is 3. The SMILES string of the molecule is C=CC(=O)N1CCC(C(=O)N(CC)CC(=O)N2CCCCCC2)(c2ccccc2)CC1. The van der Waals surface area contributed by atoms with Crippen LogP contribution >= 0.6 is 0 Å². The van der Waals surface area contributed by atoms with Crippen LogP contribution in [-0.2, 0) is 19.8 Å². The van der Waals surface area contributed by atoms with Gasteiger partial charge in [0.2, 0.25) is 17.7 Å². The summed E-state index contributed by atoms with van der Waals surface area (Å²) in [5, 5.41) is 0. The first-order chi connectivity index (χ1) is 15.0. The smallest absolute Gasteiger partial charge is 0.245 e. The number of hydrogen-bond donors (Lipinski definition) is 0. The molecule has 6 heteroatoms. The average Bonchev–Trinajstić information content (AvgIpc) is 3.12. The molecule has 0 atom stereocenters. The second-order valence-corrected chi connectivity index (χ2v) is 8.59. The van der Waals surface area contributed by atoms with Gasteiger partial charge in [-0.3, -0.25) is 14.4 Å². The number of carbonyl (C=O) groups excluding carboxylic acids is 3. The molecule has 2 heterocycles. The molecule has 0 aliphatic carbocycles. The van der Waals surface area contributed by atoms with Crippen molar-refractivity contribution < 1.29 is 14.4 Å². The lowest BCUT2D eigenvalue weighted by atomic mass is 9.71. The summed E-state index contributed by atoms with van der Waals surface area (Å²) < 4.78 is 0. The molecule has 0 unspecified atom stereocenters. The molecule has 3 rings (SSSR count). The zero-order valence-corrected chi connectivity index (χ0v) is 18.7. The van der Waals surface area contributed by atoms with Gasteiger partial charge in [-0.25, -0.2) is 0 Å². The van der Waals surface area contributed by atoms with Gasteiger partial charge in [-0.2, -0.15) is 0 Å². The Kier molecular flexibility index (Phi) is 7.88. The van der Waals surface area contributed by atoms with Gasteiger partial charge < -0.3 is 14.7 Å². The van der Waals surface area contributed by atoms with Crippen LogP contribution in [-0.4, -0.2) is 71.7 Å². The van der Waals surface area contributed by atoms with Crippen LogP contribution < -0.4 is 0 Å². The third kappa shape index (κ3) is 5.17. The second-order valence-electron chi connectivity index (χ2n) is 8.59. The number of amides is 3. The molecule has 0 radical (unpaired) electrons. The van der Waals surface area contributed by atoms with Crippen molar-refractivity contribution in [3.05, 3.63) is 48.6 Å². The molecule has 2 aliphatic rings. The average molecular weight is 426 g/mol. The quantitative estimate of drug-likeness (QED) is 0.659. The number of piperidine rings is 1. The number of benzene rings is 1. The van der Waals surface area contributed by atoms with Crippen LogP contribution in [0, 0.1) is 0 Å². The van der Waals surface area contributed by atoms with E-state index in [1.165, 1.54) is 6.08 Å². The summed E-state index contributed by atoms with van der Waals surface area (Å²) >= 11 is 0. The van der Waals surface area contributed by atoms with Crippen molar-refractivity contribution in [3.63, 3.8) is 0 Å². The fourth-order valence-corrected chi connectivity index (χ4v) is 4.83. The minimum Gasteiger partial charge on any atom is -0.341 e. The van der Waals surface area contributed by atoms with Gasteiger partial charge in [0.05, 0.1) is 12.0 Å². The van der Waals surface area contributed by atoms with Gasteiger partial charge in [0.15, 0.2) is 0 Å². The van der Waals surface area contributed by atoms with E-state index in [2.05, 4.69) is 6.58 Å². The highest BCUT2D eigenvalue weighted by atomic mass is 16.2. The van der Waals surface area contributed by atoms with E-state index in [-0.39, 0.29) is 24.3 Å². The summed E-state index contributed by atoms with van der Waals surface area (Å²) in [4.78, 5) is 44.4. The first-order valence-corrected chi connectivity index (χ1v) is 11.6. The number of rotatable bonds is 6. The summed E-state index contributed by atoms with van der Waals surface area (Å²) in [6, 6.07) is 9.83. The maximum absolute atomic E-state index is 13.9. The lowest BCUT2D eigenvalue weighted by Crippen LogP contribution is -2.55. The summed E-state index contributed by atoms with van der Waals surface area (Å²) in [5.41, 5.74) is 0.250.